The summed E-state index contributed by atoms with van der Waals surface area (Å²) in [6.07, 6.45) is 6.57. The van der Waals surface area contributed by atoms with Crippen LogP contribution in [0.3, 0.4) is 0 Å². The third kappa shape index (κ3) is 1.52. The Labute approximate surface area is 81.9 Å². The molecule has 1 aliphatic carbocycles. The lowest BCUT2D eigenvalue weighted by atomic mass is 9.62. The molecule has 0 aromatic heterocycles. The third-order valence-electron chi connectivity index (χ3n) is 4.47. The van der Waals surface area contributed by atoms with Gasteiger partial charge >= 0.3 is 0 Å². The monoisotopic (exact) mass is 182 g/mol. The maximum atomic E-state index is 5.95. The van der Waals surface area contributed by atoms with E-state index in [-0.39, 0.29) is 0 Å². The van der Waals surface area contributed by atoms with Crippen LogP contribution in [0.15, 0.2) is 0 Å². The van der Waals surface area contributed by atoms with Crippen molar-refractivity contribution in [1.29, 1.82) is 0 Å². The Bertz CT molecular complexity index is 193. The molecule has 1 unspecified atom stereocenters. The molecule has 1 saturated carbocycles. The van der Waals surface area contributed by atoms with E-state index >= 15 is 0 Å². The summed E-state index contributed by atoms with van der Waals surface area (Å²) in [5.41, 5.74) is 0.857. The molecule has 1 aliphatic heterocycles. The zero-order valence-corrected chi connectivity index (χ0v) is 9.23. The van der Waals surface area contributed by atoms with Gasteiger partial charge in [0.2, 0.25) is 0 Å². The summed E-state index contributed by atoms with van der Waals surface area (Å²) >= 11 is 0. The molecule has 2 fully saturated rings. The smallest absolute Gasteiger partial charge is 0.0687 e. The molecule has 1 saturated heterocycles. The minimum Gasteiger partial charge on any atom is -0.375 e. The molecule has 0 radical (unpaired) electrons. The third-order valence-corrected chi connectivity index (χ3v) is 4.47. The van der Waals surface area contributed by atoms with E-state index in [4.69, 9.17) is 4.74 Å². The molecule has 1 heterocycles. The Balaban J connectivity index is 2.06. The highest BCUT2D eigenvalue weighted by Crippen LogP contribution is 2.51. The van der Waals surface area contributed by atoms with E-state index in [2.05, 4.69) is 20.8 Å². The molecule has 1 nitrogen and oxygen atoms in total. The van der Waals surface area contributed by atoms with Gasteiger partial charge in [0.05, 0.1) is 5.60 Å². The Morgan fingerprint density at radius 2 is 1.85 bits per heavy atom. The molecule has 0 N–H and O–H groups in total. The highest BCUT2D eigenvalue weighted by molar-refractivity contribution is 4.98. The molecular formula is C12H22O. The van der Waals surface area contributed by atoms with Gasteiger partial charge in [0.15, 0.2) is 0 Å². The summed E-state index contributed by atoms with van der Waals surface area (Å²) in [6, 6.07) is 0. The van der Waals surface area contributed by atoms with Crippen molar-refractivity contribution in [3.63, 3.8) is 0 Å². The van der Waals surface area contributed by atoms with Crippen molar-refractivity contribution in [2.75, 3.05) is 6.61 Å². The van der Waals surface area contributed by atoms with Gasteiger partial charge in [-0.25, -0.2) is 0 Å². The number of hydrogen-bond acceptors (Lipinski definition) is 1. The van der Waals surface area contributed by atoms with Crippen molar-refractivity contribution in [2.24, 2.45) is 11.3 Å². The largest absolute Gasteiger partial charge is 0.375 e. The van der Waals surface area contributed by atoms with Crippen molar-refractivity contribution in [2.45, 2.75) is 58.5 Å². The standard InChI is InChI=1S/C12H22O/c1-10(2)11(3)7-8-13-12(9-11)5-4-6-12/h10H,4-9H2,1-3H3. The predicted octanol–water partition coefficient (Wildman–Crippen LogP) is 3.38. The average molecular weight is 182 g/mol. The fraction of sp³-hybridized carbons (Fsp3) is 1.00. The van der Waals surface area contributed by atoms with Gasteiger partial charge in [0, 0.05) is 6.61 Å². The maximum absolute atomic E-state index is 5.95. The maximum Gasteiger partial charge on any atom is 0.0687 e. The quantitative estimate of drug-likeness (QED) is 0.604. The number of hydrogen-bond donors (Lipinski definition) is 0. The summed E-state index contributed by atoms with van der Waals surface area (Å²) in [5, 5.41) is 0. The summed E-state index contributed by atoms with van der Waals surface area (Å²) in [5.74, 6) is 0.800. The zero-order valence-electron chi connectivity index (χ0n) is 9.23. The van der Waals surface area contributed by atoms with Crippen molar-refractivity contribution in [1.82, 2.24) is 0 Å². The molecule has 2 aliphatic rings. The Morgan fingerprint density at radius 3 is 2.31 bits per heavy atom. The van der Waals surface area contributed by atoms with Crippen LogP contribution in [-0.4, -0.2) is 12.2 Å². The summed E-state index contributed by atoms with van der Waals surface area (Å²) in [6.45, 7) is 8.16. The lowest BCUT2D eigenvalue weighted by Crippen LogP contribution is -2.50. The van der Waals surface area contributed by atoms with Crippen LogP contribution >= 0.6 is 0 Å². The highest BCUT2D eigenvalue weighted by atomic mass is 16.5. The molecule has 76 valence electrons. The molecule has 1 heteroatoms. The number of rotatable bonds is 1. The molecule has 0 amide bonds. The first-order valence-corrected chi connectivity index (χ1v) is 5.70. The van der Waals surface area contributed by atoms with E-state index < -0.39 is 0 Å². The second-order valence-corrected chi connectivity index (χ2v) is 5.62. The summed E-state index contributed by atoms with van der Waals surface area (Å²) < 4.78 is 5.95. The fourth-order valence-corrected chi connectivity index (χ4v) is 2.76. The van der Waals surface area contributed by atoms with Gasteiger partial charge in [-0.1, -0.05) is 20.8 Å². The molecule has 0 bridgehead atoms. The van der Waals surface area contributed by atoms with Gasteiger partial charge in [0.1, 0.15) is 0 Å². The van der Waals surface area contributed by atoms with Crippen molar-refractivity contribution in [3.05, 3.63) is 0 Å². The first kappa shape index (κ1) is 9.51. The topological polar surface area (TPSA) is 9.23 Å². The van der Waals surface area contributed by atoms with E-state index in [9.17, 15) is 0 Å². The molecule has 1 atom stereocenters. The second kappa shape index (κ2) is 2.98. The van der Waals surface area contributed by atoms with Crippen LogP contribution in [-0.2, 0) is 4.74 Å². The first-order chi connectivity index (χ1) is 6.06. The molecule has 0 aromatic rings. The van der Waals surface area contributed by atoms with E-state index in [0.29, 0.717) is 11.0 Å². The minimum absolute atomic E-state index is 0.317. The van der Waals surface area contributed by atoms with Crippen LogP contribution in [0.2, 0.25) is 0 Å². The lowest BCUT2D eigenvalue weighted by molar-refractivity contribution is -0.172. The van der Waals surface area contributed by atoms with Crippen molar-refractivity contribution >= 4 is 0 Å². The highest BCUT2D eigenvalue weighted by Gasteiger charge is 2.47. The number of ether oxygens (including phenoxy) is 1. The van der Waals surface area contributed by atoms with Crippen LogP contribution in [0.4, 0.5) is 0 Å². The van der Waals surface area contributed by atoms with Crippen LogP contribution < -0.4 is 0 Å². The normalized spacial score (nSPS) is 37.8. The van der Waals surface area contributed by atoms with Crippen molar-refractivity contribution in [3.8, 4) is 0 Å². The SMILES string of the molecule is CC(C)C1(C)CCOC2(CCC2)C1. The van der Waals surface area contributed by atoms with E-state index in [0.717, 1.165) is 12.5 Å². The minimum atomic E-state index is 0.317. The van der Waals surface area contributed by atoms with E-state index in [1.165, 1.54) is 32.1 Å². The molecular weight excluding hydrogens is 160 g/mol. The second-order valence-electron chi connectivity index (χ2n) is 5.62. The van der Waals surface area contributed by atoms with Crippen LogP contribution in [0.25, 0.3) is 0 Å². The van der Waals surface area contributed by atoms with Gasteiger partial charge in [0.25, 0.3) is 0 Å². The predicted molar refractivity (Wildman–Crippen MR) is 54.7 cm³/mol. The van der Waals surface area contributed by atoms with Crippen LogP contribution in [0.1, 0.15) is 52.9 Å². The molecule has 1 spiro atoms. The Morgan fingerprint density at radius 1 is 1.15 bits per heavy atom. The summed E-state index contributed by atoms with van der Waals surface area (Å²) in [7, 11) is 0. The Hall–Kier alpha value is -0.0400. The van der Waals surface area contributed by atoms with Crippen LogP contribution in [0.5, 0.6) is 0 Å². The van der Waals surface area contributed by atoms with Gasteiger partial charge in [-0.15, -0.1) is 0 Å². The van der Waals surface area contributed by atoms with Gasteiger partial charge in [-0.2, -0.15) is 0 Å². The summed E-state index contributed by atoms with van der Waals surface area (Å²) in [4.78, 5) is 0. The molecule has 13 heavy (non-hydrogen) atoms. The van der Waals surface area contributed by atoms with Gasteiger partial charge in [-0.3, -0.25) is 0 Å². The van der Waals surface area contributed by atoms with Crippen LogP contribution in [0, 0.1) is 11.3 Å². The van der Waals surface area contributed by atoms with E-state index in [1.807, 2.05) is 0 Å². The average Bonchev–Trinajstić information content (AvgIpc) is 2.01. The fourth-order valence-electron chi connectivity index (χ4n) is 2.76. The molecule has 2 rings (SSSR count). The first-order valence-electron chi connectivity index (χ1n) is 5.70. The van der Waals surface area contributed by atoms with Gasteiger partial charge in [-0.05, 0) is 43.4 Å². The lowest BCUT2D eigenvalue weighted by Gasteiger charge is -2.52. The van der Waals surface area contributed by atoms with E-state index in [1.54, 1.807) is 0 Å². The van der Waals surface area contributed by atoms with Crippen molar-refractivity contribution < 1.29 is 4.74 Å². The Kier molecular flexibility index (Phi) is 2.18. The van der Waals surface area contributed by atoms with Gasteiger partial charge < -0.3 is 4.74 Å². The molecule has 0 aromatic carbocycles. The zero-order chi connectivity index (χ0) is 9.53.